The number of hydrogen-bond donors (Lipinski definition) is 0. The van der Waals surface area contributed by atoms with Crippen LogP contribution in [0.2, 0.25) is 0 Å². The topological polar surface area (TPSA) is 59.1 Å². The Balaban J connectivity index is 1.63. The third-order valence-electron chi connectivity index (χ3n) is 5.52. The summed E-state index contributed by atoms with van der Waals surface area (Å²) in [5.74, 6) is 0.485. The average molecular weight is 401 g/mol. The molecule has 6 nitrogen and oxygen atoms in total. The van der Waals surface area contributed by atoms with E-state index in [1.165, 1.54) is 11.3 Å². The van der Waals surface area contributed by atoms with E-state index >= 15 is 0 Å². The van der Waals surface area contributed by atoms with Crippen LogP contribution in [0.5, 0.6) is 5.75 Å². The first-order chi connectivity index (χ1) is 13.7. The van der Waals surface area contributed by atoms with Gasteiger partial charge in [-0.2, -0.15) is 0 Å². The lowest BCUT2D eigenvalue weighted by Gasteiger charge is -2.31. The average Bonchev–Trinajstić information content (AvgIpc) is 3.43. The van der Waals surface area contributed by atoms with Gasteiger partial charge >= 0.3 is 0 Å². The highest BCUT2D eigenvalue weighted by Gasteiger charge is 2.43. The van der Waals surface area contributed by atoms with E-state index in [0.717, 1.165) is 11.3 Å². The number of amides is 2. The lowest BCUT2D eigenvalue weighted by molar-refractivity contribution is -0.139. The van der Waals surface area contributed by atoms with E-state index in [9.17, 15) is 9.59 Å². The summed E-state index contributed by atoms with van der Waals surface area (Å²) in [6, 6.07) is 11.5. The highest BCUT2D eigenvalue weighted by molar-refractivity contribution is 7.12. The minimum Gasteiger partial charge on any atom is -0.496 e. The van der Waals surface area contributed by atoms with Crippen molar-refractivity contribution in [2.45, 2.75) is 5.92 Å². The van der Waals surface area contributed by atoms with Gasteiger partial charge in [0.05, 0.1) is 31.1 Å². The van der Waals surface area contributed by atoms with Gasteiger partial charge in [0.15, 0.2) is 0 Å². The number of hydrogen-bond acceptors (Lipinski definition) is 5. The summed E-state index contributed by atoms with van der Waals surface area (Å²) in [5, 5.41) is 1.90. The number of rotatable bonds is 4. The van der Waals surface area contributed by atoms with E-state index in [0.29, 0.717) is 44.3 Å². The molecular weight excluding hydrogens is 376 g/mol. The van der Waals surface area contributed by atoms with Crippen molar-refractivity contribution in [2.24, 2.45) is 5.92 Å². The van der Waals surface area contributed by atoms with Crippen LogP contribution in [-0.4, -0.2) is 68.1 Å². The Morgan fingerprint density at radius 1 is 1.07 bits per heavy atom. The number of likely N-dealkylation sites (tertiary alicyclic amines) is 1. The van der Waals surface area contributed by atoms with Crippen LogP contribution in [0.3, 0.4) is 0 Å². The molecule has 3 heterocycles. The highest BCUT2D eigenvalue weighted by Crippen LogP contribution is 2.39. The van der Waals surface area contributed by atoms with Crippen LogP contribution in [0.15, 0.2) is 41.8 Å². The van der Waals surface area contributed by atoms with Crippen molar-refractivity contribution in [1.29, 1.82) is 0 Å². The van der Waals surface area contributed by atoms with Gasteiger partial charge in [-0.1, -0.05) is 24.3 Å². The molecule has 0 N–H and O–H groups in total. The monoisotopic (exact) mass is 400 g/mol. The van der Waals surface area contributed by atoms with E-state index in [4.69, 9.17) is 9.47 Å². The first-order valence-electron chi connectivity index (χ1n) is 9.51. The molecule has 2 saturated heterocycles. The van der Waals surface area contributed by atoms with Gasteiger partial charge in [-0.05, 0) is 23.1 Å². The third kappa shape index (κ3) is 3.64. The molecule has 0 saturated carbocycles. The first-order valence-corrected chi connectivity index (χ1v) is 10.4. The van der Waals surface area contributed by atoms with Crippen molar-refractivity contribution in [1.82, 2.24) is 9.80 Å². The summed E-state index contributed by atoms with van der Waals surface area (Å²) in [4.78, 5) is 30.7. The van der Waals surface area contributed by atoms with E-state index in [1.807, 2.05) is 51.6 Å². The molecule has 0 aliphatic carbocycles. The minimum absolute atomic E-state index is 0.00724. The maximum absolute atomic E-state index is 13.3. The number of para-hydroxylation sites is 1. The Labute approximate surface area is 168 Å². The van der Waals surface area contributed by atoms with Gasteiger partial charge in [-0.15, -0.1) is 11.3 Å². The van der Waals surface area contributed by atoms with Crippen LogP contribution in [-0.2, 0) is 9.53 Å². The van der Waals surface area contributed by atoms with Crippen LogP contribution < -0.4 is 4.74 Å². The molecule has 28 heavy (non-hydrogen) atoms. The molecule has 1 aromatic carbocycles. The van der Waals surface area contributed by atoms with Gasteiger partial charge in [0, 0.05) is 32.1 Å². The molecule has 4 rings (SSSR count). The van der Waals surface area contributed by atoms with Gasteiger partial charge in [0.2, 0.25) is 5.91 Å². The summed E-state index contributed by atoms with van der Waals surface area (Å²) in [7, 11) is 1.64. The van der Waals surface area contributed by atoms with Gasteiger partial charge in [0.1, 0.15) is 5.75 Å². The van der Waals surface area contributed by atoms with E-state index in [2.05, 4.69) is 0 Å². The molecular formula is C21H24N2O4S. The zero-order valence-electron chi connectivity index (χ0n) is 15.9. The quantitative estimate of drug-likeness (QED) is 0.791. The number of methoxy groups -OCH3 is 1. The molecule has 2 aliphatic rings. The molecule has 0 spiro atoms. The zero-order valence-corrected chi connectivity index (χ0v) is 16.7. The predicted octanol–water partition coefficient (Wildman–Crippen LogP) is 2.47. The second-order valence-corrected chi connectivity index (χ2v) is 8.03. The summed E-state index contributed by atoms with van der Waals surface area (Å²) >= 11 is 1.43. The maximum Gasteiger partial charge on any atom is 0.263 e. The van der Waals surface area contributed by atoms with Gasteiger partial charge in [-0.3, -0.25) is 9.59 Å². The van der Waals surface area contributed by atoms with Crippen molar-refractivity contribution in [2.75, 3.05) is 46.5 Å². The fourth-order valence-electron chi connectivity index (χ4n) is 4.08. The first kappa shape index (κ1) is 19.0. The number of carbonyl (C=O) groups excluding carboxylic acids is 2. The summed E-state index contributed by atoms with van der Waals surface area (Å²) < 4.78 is 10.9. The zero-order chi connectivity index (χ0) is 19.5. The Morgan fingerprint density at radius 2 is 1.86 bits per heavy atom. The summed E-state index contributed by atoms with van der Waals surface area (Å²) in [6.07, 6.45) is 0. The van der Waals surface area contributed by atoms with E-state index in [-0.39, 0.29) is 23.7 Å². The van der Waals surface area contributed by atoms with Crippen LogP contribution in [0.4, 0.5) is 0 Å². The Hall–Kier alpha value is -2.38. The molecule has 2 aliphatic heterocycles. The molecule has 2 unspecified atom stereocenters. The molecule has 148 valence electrons. The van der Waals surface area contributed by atoms with Crippen molar-refractivity contribution < 1.29 is 19.1 Å². The molecule has 2 fully saturated rings. The fourth-order valence-corrected chi connectivity index (χ4v) is 4.77. The van der Waals surface area contributed by atoms with Crippen molar-refractivity contribution >= 4 is 23.2 Å². The van der Waals surface area contributed by atoms with Crippen LogP contribution in [0.25, 0.3) is 0 Å². The van der Waals surface area contributed by atoms with Crippen LogP contribution in [0.1, 0.15) is 21.2 Å². The highest BCUT2D eigenvalue weighted by atomic mass is 32.1. The van der Waals surface area contributed by atoms with E-state index in [1.54, 1.807) is 7.11 Å². The fraction of sp³-hybridized carbons (Fsp3) is 0.429. The molecule has 0 radical (unpaired) electrons. The summed E-state index contributed by atoms with van der Waals surface area (Å²) in [6.45, 7) is 3.28. The molecule has 2 atom stereocenters. The van der Waals surface area contributed by atoms with Gasteiger partial charge in [0.25, 0.3) is 5.91 Å². The molecule has 2 amide bonds. The predicted molar refractivity (Wildman–Crippen MR) is 107 cm³/mol. The lowest BCUT2D eigenvalue weighted by Crippen LogP contribution is -2.45. The molecule has 1 aromatic heterocycles. The maximum atomic E-state index is 13.3. The van der Waals surface area contributed by atoms with Crippen molar-refractivity contribution in [3.8, 4) is 5.75 Å². The second-order valence-electron chi connectivity index (χ2n) is 7.08. The number of carbonyl (C=O) groups is 2. The Morgan fingerprint density at radius 3 is 2.57 bits per heavy atom. The number of ether oxygens (including phenoxy) is 2. The standard InChI is InChI=1S/C21H24N2O4S/c1-26-18-6-3-2-5-15(18)16-13-23(21(25)19-7-4-12-28-19)14-17(16)20(24)22-8-10-27-11-9-22/h2-7,12,16-17H,8-11,13-14H2,1H3. The molecule has 2 aromatic rings. The van der Waals surface area contributed by atoms with Crippen molar-refractivity contribution in [3.05, 3.63) is 52.2 Å². The summed E-state index contributed by atoms with van der Waals surface area (Å²) in [5.41, 5.74) is 0.984. The minimum atomic E-state index is -0.279. The Bertz CT molecular complexity index is 833. The number of nitrogens with zero attached hydrogens (tertiary/aromatic N) is 2. The number of morpholine rings is 1. The third-order valence-corrected chi connectivity index (χ3v) is 6.38. The normalized spacial score (nSPS) is 22.3. The van der Waals surface area contributed by atoms with Crippen molar-refractivity contribution in [3.63, 3.8) is 0 Å². The van der Waals surface area contributed by atoms with Crippen LogP contribution >= 0.6 is 11.3 Å². The Kier molecular flexibility index (Phi) is 5.64. The molecule has 0 bridgehead atoms. The second kappa shape index (κ2) is 8.32. The number of thiophene rings is 1. The largest absolute Gasteiger partial charge is 0.496 e. The number of benzene rings is 1. The molecule has 7 heteroatoms. The van der Waals surface area contributed by atoms with Gasteiger partial charge in [-0.25, -0.2) is 0 Å². The SMILES string of the molecule is COc1ccccc1C1CN(C(=O)c2cccs2)CC1C(=O)N1CCOCC1. The lowest BCUT2D eigenvalue weighted by atomic mass is 9.87. The smallest absolute Gasteiger partial charge is 0.263 e. The van der Waals surface area contributed by atoms with Gasteiger partial charge < -0.3 is 19.3 Å². The van der Waals surface area contributed by atoms with E-state index < -0.39 is 0 Å². The van der Waals surface area contributed by atoms with Crippen LogP contribution in [0, 0.1) is 5.92 Å².